The summed E-state index contributed by atoms with van der Waals surface area (Å²) in [6.07, 6.45) is 35.4. The molecule has 0 N–H and O–H groups in total. The lowest BCUT2D eigenvalue weighted by molar-refractivity contribution is -0.929. The number of quaternary nitrogens is 2. The number of fused-ring (bicyclic) bond motifs is 2. The minimum Gasteiger partial charge on any atom is -0.457 e. The van der Waals surface area contributed by atoms with Crippen LogP contribution in [0.5, 0.6) is 11.5 Å². The number of unbranched alkanes of at least 4 members (excludes halogenated alkanes) is 9. The van der Waals surface area contributed by atoms with Crippen molar-refractivity contribution in [1.82, 2.24) is 0 Å². The molecule has 0 aromatic heterocycles. The van der Waals surface area contributed by atoms with Gasteiger partial charge in [-0.1, -0.05) is 165 Å². The maximum absolute atomic E-state index is 6.86. The molecule has 0 amide bonds. The van der Waals surface area contributed by atoms with Crippen LogP contribution in [0.3, 0.4) is 0 Å². The summed E-state index contributed by atoms with van der Waals surface area (Å²) in [5, 5.41) is 0. The second-order valence-corrected chi connectivity index (χ2v) is 24.0. The number of hydrogen-bond acceptors (Lipinski definition) is 4. The van der Waals surface area contributed by atoms with Crippen LogP contribution in [0.25, 0.3) is 0 Å². The topological polar surface area (TPSA) is 43.2 Å². The van der Waals surface area contributed by atoms with Gasteiger partial charge in [-0.2, -0.15) is 0 Å². The van der Waals surface area contributed by atoms with Crippen molar-refractivity contribution >= 4 is 12.4 Å². The SMILES string of the molecule is CCCC[C@@H]1N=Cc2cc(C(C)(CCCC)CCCC)cc(C)c2OCOc2c(C)cc(C(C)(CCC[N+](CCCC)(CCCC)CCCC)CCC[N+](CCCC)(CCCC)CCCC)cc2C=N[C@H]1C. The lowest BCUT2D eigenvalue weighted by Gasteiger charge is -2.42. The number of benzene rings is 2. The van der Waals surface area contributed by atoms with Gasteiger partial charge in [-0.25, -0.2) is 0 Å². The number of aliphatic imine (C=N–C) groups is 2. The fraction of sp³-hybridized carbons (Fsp3) is 0.788. The predicted octanol–water partition coefficient (Wildman–Crippen LogP) is 18.4. The fourth-order valence-corrected chi connectivity index (χ4v) is 12.2. The van der Waals surface area contributed by atoms with E-state index in [0.29, 0.717) is 0 Å². The molecule has 1 aliphatic heterocycles. The summed E-state index contributed by atoms with van der Waals surface area (Å²) in [6.45, 7) is 43.8. The van der Waals surface area contributed by atoms with E-state index >= 15 is 0 Å². The van der Waals surface area contributed by atoms with Gasteiger partial charge in [0.15, 0.2) is 0 Å². The monoisotopic (exact) mass is 999 g/mol. The van der Waals surface area contributed by atoms with Gasteiger partial charge in [0, 0.05) is 23.6 Å². The van der Waals surface area contributed by atoms with Crippen LogP contribution in [0.2, 0.25) is 0 Å². The zero-order valence-corrected chi connectivity index (χ0v) is 50.3. The molecular formula is C66H118N4O2+2. The van der Waals surface area contributed by atoms with E-state index in [9.17, 15) is 0 Å². The Bertz CT molecular complexity index is 1740. The summed E-state index contributed by atoms with van der Waals surface area (Å²) in [7, 11) is 0. The Balaban J connectivity index is 2.20. The van der Waals surface area contributed by atoms with E-state index in [1.54, 1.807) is 0 Å². The van der Waals surface area contributed by atoms with Gasteiger partial charge in [0.25, 0.3) is 0 Å². The molecule has 1 heterocycles. The Morgan fingerprint density at radius 3 is 1.11 bits per heavy atom. The molecule has 0 unspecified atom stereocenters. The summed E-state index contributed by atoms with van der Waals surface area (Å²) < 4.78 is 16.3. The standard InChI is InChI=1S/C66H118N4O2/c1-15-24-35-62-57(12)67-52-58-50-61(49-55(10)63(58)71-54-72-64-56(11)48-60(51-59(64)53-68-62)65(13,36-25-16-2)37-26-17-3)66(14,38-33-46-69(40-27-18-4,41-28-19-5)42-29-20-6)39-34-47-70(43-30-21-7,44-31-22-8)45-32-23-9/h48-53,57,62H,15-47,54H2,1-14H3/q+2/t57-,62-/m0/s1. The Morgan fingerprint density at radius 1 is 0.444 bits per heavy atom. The number of nitrogens with zero attached hydrogens (tertiary/aromatic N) is 4. The number of aryl methyl sites for hydroxylation is 2. The second-order valence-electron chi connectivity index (χ2n) is 24.0. The van der Waals surface area contributed by atoms with Crippen molar-refractivity contribution in [3.63, 3.8) is 0 Å². The molecular weight excluding hydrogens is 881 g/mol. The van der Waals surface area contributed by atoms with E-state index in [1.807, 2.05) is 0 Å². The summed E-state index contributed by atoms with van der Waals surface area (Å²) in [5.41, 5.74) is 7.49. The molecule has 72 heavy (non-hydrogen) atoms. The molecule has 0 saturated carbocycles. The third-order valence-electron chi connectivity index (χ3n) is 17.5. The van der Waals surface area contributed by atoms with Gasteiger partial charge in [0.2, 0.25) is 6.79 Å². The Hall–Kier alpha value is -2.70. The average Bonchev–Trinajstić information content (AvgIpc) is 3.39. The third-order valence-corrected chi connectivity index (χ3v) is 17.5. The van der Waals surface area contributed by atoms with Crippen molar-refractivity contribution in [2.75, 3.05) is 59.2 Å². The lowest BCUT2D eigenvalue weighted by atomic mass is 9.73. The van der Waals surface area contributed by atoms with Crippen LogP contribution in [-0.2, 0) is 10.8 Å². The van der Waals surface area contributed by atoms with Crippen LogP contribution in [0.4, 0.5) is 0 Å². The van der Waals surface area contributed by atoms with Crippen LogP contribution in [-0.4, -0.2) is 92.6 Å². The fourth-order valence-electron chi connectivity index (χ4n) is 12.2. The molecule has 6 nitrogen and oxygen atoms in total. The highest BCUT2D eigenvalue weighted by atomic mass is 16.7. The second kappa shape index (κ2) is 34.1. The van der Waals surface area contributed by atoms with Gasteiger partial charge < -0.3 is 18.4 Å². The molecule has 0 radical (unpaired) electrons. The van der Waals surface area contributed by atoms with E-state index in [4.69, 9.17) is 19.5 Å². The first-order valence-corrected chi connectivity index (χ1v) is 31.0. The molecule has 412 valence electrons. The first-order chi connectivity index (χ1) is 34.7. The zero-order valence-electron chi connectivity index (χ0n) is 50.3. The van der Waals surface area contributed by atoms with Gasteiger partial charge in [-0.15, -0.1) is 0 Å². The molecule has 0 bridgehead atoms. The molecule has 2 atom stereocenters. The number of hydrogen-bond donors (Lipinski definition) is 0. The quantitative estimate of drug-likeness (QED) is 0.0633. The van der Waals surface area contributed by atoms with Crippen LogP contribution >= 0.6 is 0 Å². The molecule has 3 rings (SSSR count). The van der Waals surface area contributed by atoms with Crippen molar-refractivity contribution < 1.29 is 18.4 Å². The summed E-state index contributed by atoms with van der Waals surface area (Å²) >= 11 is 0. The Kier molecular flexibility index (Phi) is 30.1. The minimum atomic E-state index is 0.0188. The van der Waals surface area contributed by atoms with Crippen molar-refractivity contribution in [3.05, 3.63) is 57.6 Å². The molecule has 0 aliphatic carbocycles. The maximum atomic E-state index is 6.86. The smallest absolute Gasteiger partial charge is 0.230 e. The highest BCUT2D eigenvalue weighted by Gasteiger charge is 2.34. The molecule has 6 heteroatoms. The highest BCUT2D eigenvalue weighted by molar-refractivity contribution is 5.86. The first-order valence-electron chi connectivity index (χ1n) is 31.0. The van der Waals surface area contributed by atoms with Gasteiger partial charge in [0.05, 0.1) is 64.4 Å². The molecule has 0 spiro atoms. The van der Waals surface area contributed by atoms with Crippen molar-refractivity contribution in [2.24, 2.45) is 9.98 Å². The van der Waals surface area contributed by atoms with Crippen LogP contribution in [0, 0.1) is 13.8 Å². The van der Waals surface area contributed by atoms with Crippen LogP contribution in [0.1, 0.15) is 277 Å². The van der Waals surface area contributed by atoms with Crippen molar-refractivity contribution in [2.45, 2.75) is 280 Å². The third kappa shape index (κ3) is 20.1. The Morgan fingerprint density at radius 2 is 0.764 bits per heavy atom. The first kappa shape index (κ1) is 63.6. The van der Waals surface area contributed by atoms with E-state index < -0.39 is 0 Å². The van der Waals surface area contributed by atoms with Gasteiger partial charge in [0.1, 0.15) is 11.5 Å². The lowest BCUT2D eigenvalue weighted by Crippen LogP contribution is -2.51. The largest absolute Gasteiger partial charge is 0.457 e. The van der Waals surface area contributed by atoms with E-state index in [1.165, 1.54) is 219 Å². The van der Waals surface area contributed by atoms with E-state index in [2.05, 4.69) is 134 Å². The summed E-state index contributed by atoms with van der Waals surface area (Å²) in [4.78, 5) is 10.8. The molecule has 1 aliphatic rings. The molecule has 2 aromatic rings. The van der Waals surface area contributed by atoms with Gasteiger partial charge >= 0.3 is 0 Å². The number of rotatable bonds is 37. The van der Waals surface area contributed by atoms with Crippen molar-refractivity contribution in [3.8, 4) is 11.5 Å². The Labute approximate surface area is 447 Å². The van der Waals surface area contributed by atoms with E-state index in [0.717, 1.165) is 47.5 Å². The summed E-state index contributed by atoms with van der Waals surface area (Å²) in [5.74, 6) is 1.78. The van der Waals surface area contributed by atoms with Gasteiger partial charge in [-0.05, 0) is 149 Å². The van der Waals surface area contributed by atoms with Gasteiger partial charge in [-0.3, -0.25) is 9.98 Å². The highest BCUT2D eigenvalue weighted by Crippen LogP contribution is 2.41. The number of ether oxygens (including phenoxy) is 2. The maximum Gasteiger partial charge on any atom is 0.230 e. The average molecular weight is 1000 g/mol. The van der Waals surface area contributed by atoms with Crippen molar-refractivity contribution in [1.29, 1.82) is 0 Å². The van der Waals surface area contributed by atoms with Crippen LogP contribution in [0.15, 0.2) is 34.3 Å². The summed E-state index contributed by atoms with van der Waals surface area (Å²) in [6, 6.07) is 9.88. The predicted molar refractivity (Wildman–Crippen MR) is 318 cm³/mol. The van der Waals surface area contributed by atoms with Crippen LogP contribution < -0.4 is 9.47 Å². The normalized spacial score (nSPS) is 15.9. The molecule has 0 fully saturated rings. The van der Waals surface area contributed by atoms with E-state index in [-0.39, 0.29) is 29.7 Å². The molecule has 0 saturated heterocycles. The zero-order chi connectivity index (χ0) is 52.9. The minimum absolute atomic E-state index is 0.0188. The molecule has 2 aromatic carbocycles.